The first-order valence-electron chi connectivity index (χ1n) is 11.0. The number of hydrogen-bond acceptors (Lipinski definition) is 7. The monoisotopic (exact) mass is 529 g/mol. The number of nitrogens with one attached hydrogen (secondary N) is 1. The van der Waals surface area contributed by atoms with Gasteiger partial charge in [0.1, 0.15) is 6.17 Å². The van der Waals surface area contributed by atoms with Gasteiger partial charge in [-0.3, -0.25) is 0 Å². The maximum absolute atomic E-state index is 14.9. The fraction of sp³-hybridized carbons (Fsp3) is 0.364. The predicted octanol–water partition coefficient (Wildman–Crippen LogP) is 5.15. The molecule has 3 aromatic heterocycles. The lowest BCUT2D eigenvalue weighted by Crippen LogP contribution is -2.48. The van der Waals surface area contributed by atoms with Gasteiger partial charge in [0.05, 0.1) is 23.7 Å². The highest BCUT2D eigenvalue weighted by atomic mass is 19.4. The fourth-order valence-corrected chi connectivity index (χ4v) is 4.12. The van der Waals surface area contributed by atoms with Gasteiger partial charge < -0.3 is 14.6 Å². The summed E-state index contributed by atoms with van der Waals surface area (Å²) in [5.74, 6) is 0.323. The van der Waals surface area contributed by atoms with E-state index in [0.717, 1.165) is 0 Å². The summed E-state index contributed by atoms with van der Waals surface area (Å²) in [7, 11) is 0. The molecule has 0 bridgehead atoms. The topological polar surface area (TPSA) is 84.4 Å². The molecule has 4 aromatic rings. The minimum Gasteiger partial charge on any atom is -0.408 e. The molecule has 4 heterocycles. The van der Waals surface area contributed by atoms with Crippen LogP contribution in [0.1, 0.15) is 23.4 Å². The van der Waals surface area contributed by atoms with Crippen LogP contribution in [-0.4, -0.2) is 50.1 Å². The number of rotatable bonds is 4. The molecule has 0 aliphatic carbocycles. The van der Waals surface area contributed by atoms with Crippen molar-refractivity contribution >= 4 is 17.6 Å². The molecule has 1 fully saturated rings. The summed E-state index contributed by atoms with van der Waals surface area (Å²) >= 11 is 0. The number of anilines is 2. The van der Waals surface area contributed by atoms with E-state index in [4.69, 9.17) is 4.42 Å². The maximum atomic E-state index is 14.9. The van der Waals surface area contributed by atoms with E-state index in [2.05, 4.69) is 25.6 Å². The average Bonchev–Trinajstić information content (AvgIpc) is 3.44. The third kappa shape index (κ3) is 5.02. The van der Waals surface area contributed by atoms with Gasteiger partial charge in [-0.2, -0.15) is 31.3 Å². The van der Waals surface area contributed by atoms with Gasteiger partial charge in [-0.15, -0.1) is 10.2 Å². The van der Waals surface area contributed by atoms with E-state index in [-0.39, 0.29) is 41.3 Å². The molecule has 8 nitrogen and oxygen atoms in total. The Balaban J connectivity index is 1.43. The van der Waals surface area contributed by atoms with E-state index in [1.165, 1.54) is 22.8 Å². The van der Waals surface area contributed by atoms with Crippen LogP contribution in [0.5, 0.6) is 0 Å². The number of aromatic nitrogens is 5. The molecule has 1 aromatic carbocycles. The number of nitrogens with zero attached hydrogens (tertiary/aromatic N) is 6. The molecule has 0 amide bonds. The van der Waals surface area contributed by atoms with Crippen LogP contribution in [0.3, 0.4) is 0 Å². The lowest BCUT2D eigenvalue weighted by atomic mass is 10.00. The summed E-state index contributed by atoms with van der Waals surface area (Å²) in [6, 6.07) is 3.56. The Hall–Kier alpha value is -3.91. The Morgan fingerprint density at radius 3 is 2.32 bits per heavy atom. The van der Waals surface area contributed by atoms with E-state index in [1.807, 2.05) is 0 Å². The second-order valence-electron chi connectivity index (χ2n) is 8.53. The summed E-state index contributed by atoms with van der Waals surface area (Å²) < 4.78 is 101. The molecule has 0 saturated carbocycles. The second kappa shape index (κ2) is 8.88. The Labute approximate surface area is 204 Å². The molecule has 1 saturated heterocycles. The molecule has 0 radical (unpaired) electrons. The Morgan fingerprint density at radius 2 is 1.73 bits per heavy atom. The highest BCUT2D eigenvalue weighted by Gasteiger charge is 2.37. The Kier molecular flexibility index (Phi) is 5.95. The van der Waals surface area contributed by atoms with Gasteiger partial charge in [-0.05, 0) is 42.3 Å². The number of halogens is 7. The van der Waals surface area contributed by atoms with Crippen LogP contribution in [0.15, 0.2) is 40.9 Å². The van der Waals surface area contributed by atoms with Crippen LogP contribution >= 0.6 is 0 Å². The van der Waals surface area contributed by atoms with Gasteiger partial charge in [-0.25, -0.2) is 8.91 Å². The van der Waals surface area contributed by atoms with Gasteiger partial charge in [0.25, 0.3) is 0 Å². The van der Waals surface area contributed by atoms with Crippen LogP contribution in [0.4, 0.5) is 42.7 Å². The van der Waals surface area contributed by atoms with Crippen molar-refractivity contribution in [2.24, 2.45) is 0 Å². The van der Waals surface area contributed by atoms with Crippen molar-refractivity contribution in [3.63, 3.8) is 0 Å². The van der Waals surface area contributed by atoms with Gasteiger partial charge in [-0.1, -0.05) is 5.10 Å². The quantitative estimate of drug-likeness (QED) is 0.366. The predicted molar refractivity (Wildman–Crippen MR) is 117 cm³/mol. The van der Waals surface area contributed by atoms with E-state index < -0.39 is 35.7 Å². The average molecular weight is 529 g/mol. The standard InChI is InChI=1S/C22H18F7N7O/c1-11-32-33-20(37-11)35-6-4-17(16(23)10-35)30-19-31-18-15(3-2-5-36(18)34-19)12-7-13(21(24,25)26)9-14(8-12)22(27,28)29/h2-3,5,7-9,16-17H,4,6,10H2,1H3,(H,30,34)/t16-,17?/m0/s1. The molecule has 1 aliphatic heterocycles. The number of hydrogen-bond donors (Lipinski definition) is 1. The second-order valence-corrected chi connectivity index (χ2v) is 8.53. The SMILES string of the molecule is Cc1nnc(N2CCC(Nc3nc4c(-c5cc(C(F)(F)F)cc(C(F)(F)F)c5)cccn4n3)[C@@H](F)C2)o1. The summed E-state index contributed by atoms with van der Waals surface area (Å²) in [5, 5.41) is 14.7. The lowest BCUT2D eigenvalue weighted by molar-refractivity contribution is -0.143. The van der Waals surface area contributed by atoms with Crippen molar-refractivity contribution < 1.29 is 35.2 Å². The molecule has 1 unspecified atom stereocenters. The molecule has 1 N–H and O–H groups in total. The van der Waals surface area contributed by atoms with Gasteiger partial charge in [0, 0.05) is 25.2 Å². The highest BCUT2D eigenvalue weighted by Crippen LogP contribution is 2.39. The summed E-state index contributed by atoms with van der Waals surface area (Å²) in [6.45, 7) is 1.97. The zero-order chi connectivity index (χ0) is 26.5. The zero-order valence-corrected chi connectivity index (χ0v) is 19.0. The number of piperidine rings is 1. The molecule has 2 atom stereocenters. The number of pyridine rings is 1. The number of alkyl halides is 7. The summed E-state index contributed by atoms with van der Waals surface area (Å²) in [6.07, 6.45) is -9.63. The number of fused-ring (bicyclic) bond motifs is 1. The molecule has 15 heteroatoms. The van der Waals surface area contributed by atoms with Gasteiger partial charge >= 0.3 is 18.4 Å². The van der Waals surface area contributed by atoms with E-state index in [9.17, 15) is 30.7 Å². The molecule has 37 heavy (non-hydrogen) atoms. The Bertz CT molecular complexity index is 1400. The summed E-state index contributed by atoms with van der Waals surface area (Å²) in [5.41, 5.74) is -3.22. The van der Waals surface area contributed by atoms with Crippen LogP contribution in [0.2, 0.25) is 0 Å². The van der Waals surface area contributed by atoms with Crippen molar-refractivity contribution in [2.45, 2.75) is 37.9 Å². The first-order valence-corrected chi connectivity index (χ1v) is 11.0. The minimum atomic E-state index is -4.99. The van der Waals surface area contributed by atoms with Crippen LogP contribution < -0.4 is 10.2 Å². The molecule has 196 valence electrons. The maximum Gasteiger partial charge on any atom is 0.416 e. The van der Waals surface area contributed by atoms with Gasteiger partial charge in [0.2, 0.25) is 11.8 Å². The Morgan fingerprint density at radius 1 is 1.03 bits per heavy atom. The highest BCUT2D eigenvalue weighted by molar-refractivity contribution is 5.79. The molecule has 1 aliphatic rings. The first-order chi connectivity index (χ1) is 17.4. The van der Waals surface area contributed by atoms with Crippen LogP contribution in [-0.2, 0) is 12.4 Å². The van der Waals surface area contributed by atoms with Crippen molar-refractivity contribution in [1.82, 2.24) is 24.8 Å². The third-order valence-electron chi connectivity index (χ3n) is 5.90. The van der Waals surface area contributed by atoms with E-state index in [0.29, 0.717) is 31.0 Å². The van der Waals surface area contributed by atoms with Gasteiger partial charge in [0.15, 0.2) is 5.65 Å². The van der Waals surface area contributed by atoms with E-state index >= 15 is 0 Å². The zero-order valence-electron chi connectivity index (χ0n) is 19.0. The van der Waals surface area contributed by atoms with Crippen molar-refractivity contribution in [2.75, 3.05) is 23.3 Å². The summed E-state index contributed by atoms with van der Waals surface area (Å²) in [4.78, 5) is 5.84. The van der Waals surface area contributed by atoms with Crippen molar-refractivity contribution in [3.8, 4) is 11.1 Å². The smallest absolute Gasteiger partial charge is 0.408 e. The fourth-order valence-electron chi connectivity index (χ4n) is 4.12. The minimum absolute atomic E-state index is 0.00182. The van der Waals surface area contributed by atoms with Crippen LogP contribution in [0, 0.1) is 6.92 Å². The molecular formula is C22H18F7N7O. The van der Waals surface area contributed by atoms with E-state index in [1.54, 1.807) is 11.8 Å². The molecule has 0 spiro atoms. The molecule has 5 rings (SSSR count). The lowest BCUT2D eigenvalue weighted by Gasteiger charge is -2.33. The van der Waals surface area contributed by atoms with Crippen molar-refractivity contribution in [1.29, 1.82) is 0 Å². The third-order valence-corrected chi connectivity index (χ3v) is 5.90. The molecular weight excluding hydrogens is 511 g/mol. The number of aryl methyl sites for hydroxylation is 1. The van der Waals surface area contributed by atoms with Crippen LogP contribution in [0.25, 0.3) is 16.8 Å². The van der Waals surface area contributed by atoms with Crippen molar-refractivity contribution in [3.05, 3.63) is 53.5 Å². The number of benzene rings is 1. The largest absolute Gasteiger partial charge is 0.416 e. The first kappa shape index (κ1) is 24.8. The normalized spacial score (nSPS) is 19.0.